The van der Waals surface area contributed by atoms with E-state index in [-0.39, 0.29) is 30.2 Å². The van der Waals surface area contributed by atoms with Crippen LogP contribution in [0.1, 0.15) is 5.56 Å². The van der Waals surface area contributed by atoms with Crippen molar-refractivity contribution in [3.63, 3.8) is 0 Å². The molecule has 1 fully saturated rings. The Morgan fingerprint density at radius 3 is 2.38 bits per heavy atom. The number of likely N-dealkylation sites (tertiary alicyclic amines) is 1. The quantitative estimate of drug-likeness (QED) is 0.598. The molecule has 7 nitrogen and oxygen atoms in total. The van der Waals surface area contributed by atoms with Crippen LogP contribution < -0.4 is 0 Å². The van der Waals surface area contributed by atoms with Crippen molar-refractivity contribution in [3.05, 3.63) is 39.9 Å². The lowest BCUT2D eigenvalue weighted by Gasteiger charge is -2.15. The number of methoxy groups -OCH3 is 2. The summed E-state index contributed by atoms with van der Waals surface area (Å²) in [5.41, 5.74) is 0.388. The van der Waals surface area contributed by atoms with E-state index >= 15 is 0 Å². The molecule has 1 aliphatic rings. The van der Waals surface area contributed by atoms with Crippen molar-refractivity contribution in [1.29, 1.82) is 0 Å². The lowest BCUT2D eigenvalue weighted by atomic mass is 10.1. The average molecular weight is 294 g/mol. The highest BCUT2D eigenvalue weighted by Crippen LogP contribution is 2.21. The van der Waals surface area contributed by atoms with Crippen LogP contribution in [0.15, 0.2) is 24.3 Å². The van der Waals surface area contributed by atoms with E-state index in [1.165, 1.54) is 6.07 Å². The minimum absolute atomic E-state index is 0.00399. The highest BCUT2D eigenvalue weighted by molar-refractivity contribution is 5.80. The zero-order valence-corrected chi connectivity index (χ0v) is 12.0. The van der Waals surface area contributed by atoms with E-state index in [0.717, 1.165) is 0 Å². The van der Waals surface area contributed by atoms with Crippen LogP contribution in [0.25, 0.3) is 0 Å². The maximum absolute atomic E-state index is 12.3. The Morgan fingerprint density at radius 1 is 1.29 bits per heavy atom. The topological polar surface area (TPSA) is 81.9 Å². The van der Waals surface area contributed by atoms with Crippen LogP contribution in [-0.2, 0) is 20.7 Å². The molecule has 21 heavy (non-hydrogen) atoms. The number of nitro groups is 1. The van der Waals surface area contributed by atoms with Crippen molar-refractivity contribution in [2.75, 3.05) is 27.3 Å². The molecular formula is C14H18N2O5. The zero-order chi connectivity index (χ0) is 15.4. The van der Waals surface area contributed by atoms with Gasteiger partial charge < -0.3 is 14.4 Å². The minimum atomic E-state index is -0.470. The maximum atomic E-state index is 12.3. The summed E-state index contributed by atoms with van der Waals surface area (Å²) < 4.78 is 10.6. The lowest BCUT2D eigenvalue weighted by molar-refractivity contribution is -0.385. The molecule has 1 heterocycles. The van der Waals surface area contributed by atoms with Crippen molar-refractivity contribution in [2.24, 2.45) is 0 Å². The summed E-state index contributed by atoms with van der Waals surface area (Å²) in [5, 5.41) is 11.0. The average Bonchev–Trinajstić information content (AvgIpc) is 2.91. The van der Waals surface area contributed by atoms with Gasteiger partial charge in [-0.15, -0.1) is 0 Å². The summed E-state index contributed by atoms with van der Waals surface area (Å²) in [4.78, 5) is 24.4. The van der Waals surface area contributed by atoms with Gasteiger partial charge in [0.15, 0.2) is 0 Å². The van der Waals surface area contributed by atoms with Crippen molar-refractivity contribution in [2.45, 2.75) is 18.6 Å². The molecule has 2 atom stereocenters. The third-order valence-corrected chi connectivity index (χ3v) is 3.70. The Labute approximate surface area is 122 Å². The third-order valence-electron chi connectivity index (χ3n) is 3.70. The summed E-state index contributed by atoms with van der Waals surface area (Å²) >= 11 is 0. The van der Waals surface area contributed by atoms with Crippen LogP contribution in [0, 0.1) is 10.1 Å². The molecule has 1 aliphatic heterocycles. The lowest BCUT2D eigenvalue weighted by Crippen LogP contribution is -2.31. The Balaban J connectivity index is 2.08. The number of ether oxygens (including phenoxy) is 2. The number of rotatable bonds is 5. The van der Waals surface area contributed by atoms with Crippen LogP contribution in [-0.4, -0.2) is 55.2 Å². The second kappa shape index (κ2) is 6.64. The predicted octanol–water partition coefficient (Wildman–Crippen LogP) is 1.01. The van der Waals surface area contributed by atoms with Crippen molar-refractivity contribution >= 4 is 11.6 Å². The van der Waals surface area contributed by atoms with Crippen LogP contribution >= 0.6 is 0 Å². The molecule has 1 aromatic rings. The number of hydrogen-bond donors (Lipinski definition) is 0. The number of para-hydroxylation sites is 1. The standard InChI is InChI=1S/C14H18N2O5/c1-20-12-8-15(9-13(12)21-2)14(17)7-10-5-3-4-6-11(10)16(18)19/h3-6,12-13H,7-9H2,1-2H3/t12-,13-/m0/s1. The monoisotopic (exact) mass is 294 g/mol. The molecule has 0 unspecified atom stereocenters. The number of carbonyl (C=O) groups is 1. The Bertz CT molecular complexity index is 522. The molecule has 1 saturated heterocycles. The fourth-order valence-electron chi connectivity index (χ4n) is 2.51. The van der Waals surface area contributed by atoms with E-state index in [1.807, 2.05) is 0 Å². The van der Waals surface area contributed by atoms with Crippen molar-refractivity contribution in [3.8, 4) is 0 Å². The van der Waals surface area contributed by atoms with Crippen LogP contribution in [0.4, 0.5) is 5.69 Å². The largest absolute Gasteiger partial charge is 0.377 e. The van der Waals surface area contributed by atoms with Gasteiger partial charge in [0.2, 0.25) is 5.91 Å². The molecule has 0 N–H and O–H groups in total. The van der Waals surface area contributed by atoms with Crippen LogP contribution in [0.5, 0.6) is 0 Å². The molecule has 0 bridgehead atoms. The summed E-state index contributed by atoms with van der Waals surface area (Å²) in [6.07, 6.45) is -0.321. The molecule has 2 rings (SSSR count). The van der Waals surface area contributed by atoms with Gasteiger partial charge in [-0.05, 0) is 0 Å². The summed E-state index contributed by atoms with van der Waals surface area (Å²) in [5.74, 6) is -0.161. The molecular weight excluding hydrogens is 276 g/mol. The molecule has 114 valence electrons. The number of carbonyl (C=O) groups excluding carboxylic acids is 1. The van der Waals surface area contributed by atoms with Gasteiger partial charge in [0.05, 0.1) is 11.3 Å². The van der Waals surface area contributed by atoms with Gasteiger partial charge in [0.1, 0.15) is 12.2 Å². The van der Waals surface area contributed by atoms with Crippen LogP contribution in [0.3, 0.4) is 0 Å². The molecule has 1 amide bonds. The SMILES string of the molecule is CO[C@H]1CN(C(=O)Cc2ccccc2[N+](=O)[O-])C[C@@H]1OC. The molecule has 0 radical (unpaired) electrons. The van der Waals surface area contributed by atoms with Gasteiger partial charge in [0, 0.05) is 38.9 Å². The predicted molar refractivity (Wildman–Crippen MR) is 75.0 cm³/mol. The first-order valence-electron chi connectivity index (χ1n) is 6.62. The molecule has 0 aromatic heterocycles. The molecule has 0 spiro atoms. The first-order chi connectivity index (χ1) is 10.1. The number of benzene rings is 1. The van der Waals surface area contributed by atoms with E-state index in [9.17, 15) is 14.9 Å². The van der Waals surface area contributed by atoms with Crippen molar-refractivity contribution in [1.82, 2.24) is 4.90 Å². The Hall–Kier alpha value is -1.99. The zero-order valence-electron chi connectivity index (χ0n) is 12.0. The van der Waals surface area contributed by atoms with Gasteiger partial charge in [-0.25, -0.2) is 0 Å². The van der Waals surface area contributed by atoms with E-state index in [1.54, 1.807) is 37.3 Å². The number of amides is 1. The van der Waals surface area contributed by atoms with Gasteiger partial charge >= 0.3 is 0 Å². The second-order valence-electron chi connectivity index (χ2n) is 4.91. The van der Waals surface area contributed by atoms with Gasteiger partial charge in [0.25, 0.3) is 5.69 Å². The maximum Gasteiger partial charge on any atom is 0.273 e. The van der Waals surface area contributed by atoms with Crippen molar-refractivity contribution < 1.29 is 19.2 Å². The normalized spacial score (nSPS) is 21.5. The van der Waals surface area contributed by atoms with E-state index in [4.69, 9.17) is 9.47 Å². The van der Waals surface area contributed by atoms with Gasteiger partial charge in [-0.1, -0.05) is 18.2 Å². The van der Waals surface area contributed by atoms with Gasteiger partial charge in [-0.2, -0.15) is 0 Å². The number of hydrogen-bond acceptors (Lipinski definition) is 5. The smallest absolute Gasteiger partial charge is 0.273 e. The molecule has 7 heteroatoms. The highest BCUT2D eigenvalue weighted by Gasteiger charge is 2.35. The fourth-order valence-corrected chi connectivity index (χ4v) is 2.51. The van der Waals surface area contributed by atoms with Crippen LogP contribution in [0.2, 0.25) is 0 Å². The number of nitro benzene ring substituents is 1. The molecule has 0 saturated carbocycles. The Morgan fingerprint density at radius 2 is 1.86 bits per heavy atom. The highest BCUT2D eigenvalue weighted by atomic mass is 16.6. The van der Waals surface area contributed by atoms with E-state index in [0.29, 0.717) is 18.7 Å². The molecule has 0 aliphatic carbocycles. The minimum Gasteiger partial charge on any atom is -0.377 e. The third kappa shape index (κ3) is 3.37. The molecule has 1 aromatic carbocycles. The first-order valence-corrected chi connectivity index (χ1v) is 6.62. The fraction of sp³-hybridized carbons (Fsp3) is 0.500. The van der Waals surface area contributed by atoms with Gasteiger partial charge in [-0.3, -0.25) is 14.9 Å². The Kier molecular flexibility index (Phi) is 4.87. The van der Waals surface area contributed by atoms with E-state index < -0.39 is 4.92 Å². The van der Waals surface area contributed by atoms with E-state index in [2.05, 4.69) is 0 Å². The summed E-state index contributed by atoms with van der Waals surface area (Å²) in [6.45, 7) is 0.878. The summed E-state index contributed by atoms with van der Waals surface area (Å²) in [6, 6.07) is 6.29. The number of nitrogens with zero attached hydrogens (tertiary/aromatic N) is 2. The summed E-state index contributed by atoms with van der Waals surface area (Å²) in [7, 11) is 3.15. The first kappa shape index (κ1) is 15.4. The second-order valence-corrected chi connectivity index (χ2v) is 4.91.